The lowest BCUT2D eigenvalue weighted by atomic mass is 10.1. The summed E-state index contributed by atoms with van der Waals surface area (Å²) in [5, 5.41) is 2.50. The summed E-state index contributed by atoms with van der Waals surface area (Å²) in [4.78, 5) is 11.5. The number of nitrogens with one attached hydrogen (secondary N) is 1. The van der Waals surface area contributed by atoms with Gasteiger partial charge in [0.15, 0.2) is 11.6 Å². The van der Waals surface area contributed by atoms with Gasteiger partial charge in [-0.1, -0.05) is 0 Å². The number of hydrogen-bond donors (Lipinski definition) is 2. The third kappa shape index (κ3) is 3.23. The zero-order valence-corrected chi connectivity index (χ0v) is 9.25. The first-order chi connectivity index (χ1) is 8.06. The first-order valence-electron chi connectivity index (χ1n) is 5.57. The van der Waals surface area contributed by atoms with Gasteiger partial charge in [-0.2, -0.15) is 0 Å². The van der Waals surface area contributed by atoms with Gasteiger partial charge in [0.2, 0.25) is 5.91 Å². The molecule has 1 aromatic carbocycles. The standard InChI is InChI=1S/C12H14F2N2O/c13-9-4-3-8(5-10(9)14)16-12(17)6-11(15)7-1-2-7/h3-5,7,11H,1-2,6,15H2,(H,16,17). The van der Waals surface area contributed by atoms with E-state index in [-0.39, 0.29) is 24.1 Å². The maximum Gasteiger partial charge on any atom is 0.225 e. The minimum Gasteiger partial charge on any atom is -0.327 e. The fourth-order valence-corrected chi connectivity index (χ4v) is 1.69. The van der Waals surface area contributed by atoms with Gasteiger partial charge < -0.3 is 11.1 Å². The fourth-order valence-electron chi connectivity index (χ4n) is 1.69. The Hall–Kier alpha value is -1.49. The molecule has 5 heteroatoms. The highest BCUT2D eigenvalue weighted by molar-refractivity contribution is 5.91. The zero-order valence-electron chi connectivity index (χ0n) is 9.25. The van der Waals surface area contributed by atoms with Crippen molar-refractivity contribution >= 4 is 11.6 Å². The topological polar surface area (TPSA) is 55.1 Å². The summed E-state index contributed by atoms with van der Waals surface area (Å²) >= 11 is 0. The Labute approximate surface area is 98.0 Å². The number of benzene rings is 1. The summed E-state index contributed by atoms with van der Waals surface area (Å²) < 4.78 is 25.5. The number of nitrogens with two attached hydrogens (primary N) is 1. The van der Waals surface area contributed by atoms with Crippen LogP contribution in [-0.4, -0.2) is 11.9 Å². The molecule has 2 rings (SSSR count). The second kappa shape index (κ2) is 4.79. The Balaban J connectivity index is 1.90. The molecule has 1 atom stereocenters. The lowest BCUT2D eigenvalue weighted by molar-refractivity contribution is -0.116. The monoisotopic (exact) mass is 240 g/mol. The molecule has 1 unspecified atom stereocenters. The molecule has 1 amide bonds. The molecule has 1 aliphatic carbocycles. The molecule has 3 nitrogen and oxygen atoms in total. The van der Waals surface area contributed by atoms with Crippen LogP contribution in [0.25, 0.3) is 0 Å². The number of hydrogen-bond acceptors (Lipinski definition) is 2. The number of halogens is 2. The Morgan fingerprint density at radius 3 is 2.71 bits per heavy atom. The Bertz CT molecular complexity index is 433. The molecule has 92 valence electrons. The third-order valence-corrected chi connectivity index (χ3v) is 2.85. The maximum atomic E-state index is 12.9. The molecule has 0 spiro atoms. The van der Waals surface area contributed by atoms with Gasteiger partial charge in [0.1, 0.15) is 0 Å². The van der Waals surface area contributed by atoms with Crippen LogP contribution < -0.4 is 11.1 Å². The number of amides is 1. The minimum atomic E-state index is -0.978. The summed E-state index contributed by atoms with van der Waals surface area (Å²) in [5.41, 5.74) is 6.04. The van der Waals surface area contributed by atoms with E-state index < -0.39 is 11.6 Å². The van der Waals surface area contributed by atoms with E-state index in [0.29, 0.717) is 5.92 Å². The highest BCUT2D eigenvalue weighted by atomic mass is 19.2. The van der Waals surface area contributed by atoms with Gasteiger partial charge in [0.25, 0.3) is 0 Å². The van der Waals surface area contributed by atoms with Crippen molar-refractivity contribution in [2.75, 3.05) is 5.32 Å². The van der Waals surface area contributed by atoms with E-state index in [9.17, 15) is 13.6 Å². The Morgan fingerprint density at radius 2 is 2.12 bits per heavy atom. The van der Waals surface area contributed by atoms with Crippen LogP contribution in [0.4, 0.5) is 14.5 Å². The minimum absolute atomic E-state index is 0.139. The van der Waals surface area contributed by atoms with Crippen molar-refractivity contribution in [3.05, 3.63) is 29.8 Å². The molecule has 0 radical (unpaired) electrons. The van der Waals surface area contributed by atoms with Crippen LogP contribution in [0.3, 0.4) is 0 Å². The van der Waals surface area contributed by atoms with Crippen LogP contribution >= 0.6 is 0 Å². The van der Waals surface area contributed by atoms with Gasteiger partial charge in [-0.25, -0.2) is 8.78 Å². The summed E-state index contributed by atoms with van der Waals surface area (Å²) in [5.74, 6) is -1.74. The molecule has 0 aromatic heterocycles. The molecule has 1 fully saturated rings. The molecular weight excluding hydrogens is 226 g/mol. The van der Waals surface area contributed by atoms with Gasteiger partial charge in [-0.3, -0.25) is 4.79 Å². The molecule has 0 bridgehead atoms. The fraction of sp³-hybridized carbons (Fsp3) is 0.417. The molecule has 0 heterocycles. The van der Waals surface area contributed by atoms with E-state index in [1.54, 1.807) is 0 Å². The van der Waals surface area contributed by atoms with E-state index in [2.05, 4.69) is 5.32 Å². The largest absolute Gasteiger partial charge is 0.327 e. The van der Waals surface area contributed by atoms with E-state index in [1.165, 1.54) is 6.07 Å². The Morgan fingerprint density at radius 1 is 1.41 bits per heavy atom. The third-order valence-electron chi connectivity index (χ3n) is 2.85. The van der Waals surface area contributed by atoms with Crippen molar-refractivity contribution in [1.29, 1.82) is 0 Å². The normalized spacial score (nSPS) is 16.6. The highest BCUT2D eigenvalue weighted by Crippen LogP contribution is 2.32. The summed E-state index contributed by atoms with van der Waals surface area (Å²) in [6, 6.07) is 3.11. The van der Waals surface area contributed by atoms with Crippen molar-refractivity contribution in [3.63, 3.8) is 0 Å². The summed E-state index contributed by atoms with van der Waals surface area (Å²) in [6.45, 7) is 0. The predicted molar refractivity (Wildman–Crippen MR) is 60.3 cm³/mol. The summed E-state index contributed by atoms with van der Waals surface area (Å²) in [7, 11) is 0. The summed E-state index contributed by atoms with van der Waals surface area (Å²) in [6.07, 6.45) is 2.35. The average Bonchev–Trinajstić information content (AvgIpc) is 3.06. The van der Waals surface area contributed by atoms with Gasteiger partial charge in [0.05, 0.1) is 0 Å². The molecule has 0 aliphatic heterocycles. The van der Waals surface area contributed by atoms with E-state index in [0.717, 1.165) is 25.0 Å². The molecule has 1 aromatic rings. The second-order valence-electron chi connectivity index (χ2n) is 4.38. The van der Waals surface area contributed by atoms with E-state index in [1.807, 2.05) is 0 Å². The van der Waals surface area contributed by atoms with Crippen LogP contribution in [0.2, 0.25) is 0 Å². The number of carbonyl (C=O) groups is 1. The molecule has 17 heavy (non-hydrogen) atoms. The van der Waals surface area contributed by atoms with Crippen molar-refractivity contribution in [2.45, 2.75) is 25.3 Å². The van der Waals surface area contributed by atoms with Crippen molar-refractivity contribution in [2.24, 2.45) is 11.7 Å². The SMILES string of the molecule is NC(CC(=O)Nc1ccc(F)c(F)c1)C1CC1. The maximum absolute atomic E-state index is 12.9. The van der Waals surface area contributed by atoms with Crippen molar-refractivity contribution in [3.8, 4) is 0 Å². The predicted octanol–water partition coefficient (Wildman–Crippen LogP) is 2.03. The van der Waals surface area contributed by atoms with Gasteiger partial charge in [-0.15, -0.1) is 0 Å². The second-order valence-corrected chi connectivity index (χ2v) is 4.38. The van der Waals surface area contributed by atoms with E-state index in [4.69, 9.17) is 5.73 Å². The zero-order chi connectivity index (χ0) is 12.4. The van der Waals surface area contributed by atoms with E-state index >= 15 is 0 Å². The molecule has 1 saturated carbocycles. The number of rotatable bonds is 4. The van der Waals surface area contributed by atoms with Crippen LogP contribution in [0.5, 0.6) is 0 Å². The number of carbonyl (C=O) groups excluding carboxylic acids is 1. The van der Waals surface area contributed by atoms with Crippen LogP contribution in [0.1, 0.15) is 19.3 Å². The molecule has 1 aliphatic rings. The first-order valence-corrected chi connectivity index (χ1v) is 5.57. The lowest BCUT2D eigenvalue weighted by Gasteiger charge is -2.10. The van der Waals surface area contributed by atoms with Crippen molar-refractivity contribution in [1.82, 2.24) is 0 Å². The smallest absolute Gasteiger partial charge is 0.225 e. The molecule has 0 saturated heterocycles. The van der Waals surface area contributed by atoms with Crippen LogP contribution in [0, 0.1) is 17.6 Å². The van der Waals surface area contributed by atoms with Gasteiger partial charge in [-0.05, 0) is 30.9 Å². The number of anilines is 1. The lowest BCUT2D eigenvalue weighted by Crippen LogP contribution is -2.28. The first kappa shape index (κ1) is 12.0. The molecular formula is C12H14F2N2O. The van der Waals surface area contributed by atoms with Gasteiger partial charge in [0, 0.05) is 24.2 Å². The highest BCUT2D eigenvalue weighted by Gasteiger charge is 2.29. The molecule has 3 N–H and O–H groups in total. The Kier molecular flexibility index (Phi) is 3.38. The van der Waals surface area contributed by atoms with Crippen LogP contribution in [-0.2, 0) is 4.79 Å². The van der Waals surface area contributed by atoms with Crippen molar-refractivity contribution < 1.29 is 13.6 Å². The van der Waals surface area contributed by atoms with Gasteiger partial charge >= 0.3 is 0 Å². The average molecular weight is 240 g/mol. The quantitative estimate of drug-likeness (QED) is 0.846. The van der Waals surface area contributed by atoms with Crippen LogP contribution in [0.15, 0.2) is 18.2 Å².